The number of nitrogens with two attached hydrogens (primary N) is 1. The molecule has 0 saturated heterocycles. The minimum atomic E-state index is -0.897. The second kappa shape index (κ2) is 5.23. The molecule has 2 N–H and O–H groups in total. The molecule has 0 saturated carbocycles. The summed E-state index contributed by atoms with van der Waals surface area (Å²) in [6.45, 7) is 0. The number of para-hydroxylation sites is 1. The SMILES string of the molecule is Nc1cccc2ccc(C3C(=O)c4cc5ccccc5cc4C3=O)nc12. The first-order chi connectivity index (χ1) is 12.6. The lowest BCUT2D eigenvalue weighted by Gasteiger charge is -2.09. The van der Waals surface area contributed by atoms with Crippen LogP contribution in [0.2, 0.25) is 0 Å². The van der Waals surface area contributed by atoms with E-state index in [1.807, 2.05) is 42.5 Å². The monoisotopic (exact) mass is 338 g/mol. The Kier molecular flexibility index (Phi) is 2.97. The molecule has 0 atom stereocenters. The van der Waals surface area contributed by atoms with Crippen molar-refractivity contribution in [3.8, 4) is 0 Å². The molecule has 26 heavy (non-hydrogen) atoms. The summed E-state index contributed by atoms with van der Waals surface area (Å²) in [7, 11) is 0. The van der Waals surface area contributed by atoms with Crippen LogP contribution in [0.5, 0.6) is 0 Å². The van der Waals surface area contributed by atoms with Gasteiger partial charge in [-0.25, -0.2) is 4.98 Å². The molecule has 0 radical (unpaired) electrons. The van der Waals surface area contributed by atoms with E-state index in [2.05, 4.69) is 4.98 Å². The van der Waals surface area contributed by atoms with Gasteiger partial charge in [0, 0.05) is 16.5 Å². The Hall–Kier alpha value is -3.53. The lowest BCUT2D eigenvalue weighted by molar-refractivity contribution is 0.0888. The van der Waals surface area contributed by atoms with Gasteiger partial charge in [0.2, 0.25) is 0 Å². The van der Waals surface area contributed by atoms with E-state index in [4.69, 9.17) is 5.73 Å². The van der Waals surface area contributed by atoms with Crippen molar-refractivity contribution < 1.29 is 9.59 Å². The molecular formula is C22H14N2O2. The number of benzene rings is 3. The van der Waals surface area contributed by atoms with Crippen LogP contribution in [0.25, 0.3) is 21.7 Å². The van der Waals surface area contributed by atoms with Crippen LogP contribution in [0.15, 0.2) is 66.7 Å². The molecule has 0 amide bonds. The maximum atomic E-state index is 13.0. The van der Waals surface area contributed by atoms with Crippen LogP contribution in [0.3, 0.4) is 0 Å². The third-order valence-corrected chi connectivity index (χ3v) is 5.01. The van der Waals surface area contributed by atoms with Crippen molar-refractivity contribution >= 4 is 38.9 Å². The molecule has 4 aromatic rings. The first-order valence-corrected chi connectivity index (χ1v) is 8.40. The third kappa shape index (κ3) is 1.99. The van der Waals surface area contributed by atoms with Crippen LogP contribution in [-0.4, -0.2) is 16.6 Å². The first kappa shape index (κ1) is 14.8. The molecule has 1 heterocycles. The molecule has 4 nitrogen and oxygen atoms in total. The lowest BCUT2D eigenvalue weighted by atomic mass is 9.98. The number of fused-ring (bicyclic) bond motifs is 3. The van der Waals surface area contributed by atoms with E-state index in [0.717, 1.165) is 16.2 Å². The van der Waals surface area contributed by atoms with Crippen LogP contribution < -0.4 is 5.73 Å². The highest BCUT2D eigenvalue weighted by Gasteiger charge is 2.40. The topological polar surface area (TPSA) is 73.1 Å². The molecule has 124 valence electrons. The fourth-order valence-corrected chi connectivity index (χ4v) is 3.69. The number of hydrogen-bond acceptors (Lipinski definition) is 4. The number of hydrogen-bond donors (Lipinski definition) is 1. The molecule has 0 fully saturated rings. The third-order valence-electron chi connectivity index (χ3n) is 5.01. The maximum Gasteiger partial charge on any atom is 0.180 e. The molecule has 5 rings (SSSR count). The van der Waals surface area contributed by atoms with Crippen LogP contribution in [-0.2, 0) is 0 Å². The number of carbonyl (C=O) groups excluding carboxylic acids is 2. The molecule has 0 unspecified atom stereocenters. The van der Waals surface area contributed by atoms with Gasteiger partial charge in [0.15, 0.2) is 11.6 Å². The zero-order chi connectivity index (χ0) is 17.8. The van der Waals surface area contributed by atoms with Crippen LogP contribution in [0.4, 0.5) is 5.69 Å². The van der Waals surface area contributed by atoms with E-state index in [9.17, 15) is 9.59 Å². The van der Waals surface area contributed by atoms with Gasteiger partial charge >= 0.3 is 0 Å². The first-order valence-electron chi connectivity index (χ1n) is 8.40. The summed E-state index contributed by atoms with van der Waals surface area (Å²) in [6.07, 6.45) is 0. The van der Waals surface area contributed by atoms with Gasteiger partial charge in [0.25, 0.3) is 0 Å². The summed E-state index contributed by atoms with van der Waals surface area (Å²) in [5.41, 5.74) is 8.56. The van der Waals surface area contributed by atoms with Gasteiger partial charge in [-0.3, -0.25) is 9.59 Å². The molecule has 1 aliphatic carbocycles. The average Bonchev–Trinajstić information content (AvgIpc) is 2.90. The number of pyridine rings is 1. The highest BCUT2D eigenvalue weighted by molar-refractivity contribution is 6.30. The van der Waals surface area contributed by atoms with Crippen molar-refractivity contribution in [3.05, 3.63) is 83.6 Å². The minimum absolute atomic E-state index is 0.197. The van der Waals surface area contributed by atoms with Crippen molar-refractivity contribution in [3.63, 3.8) is 0 Å². The van der Waals surface area contributed by atoms with Crippen LogP contribution in [0.1, 0.15) is 32.3 Å². The van der Waals surface area contributed by atoms with E-state index < -0.39 is 5.92 Å². The molecule has 0 aliphatic heterocycles. The van der Waals surface area contributed by atoms with E-state index in [1.165, 1.54) is 0 Å². The second-order valence-corrected chi connectivity index (χ2v) is 6.56. The minimum Gasteiger partial charge on any atom is -0.397 e. The number of rotatable bonds is 1. The van der Waals surface area contributed by atoms with Gasteiger partial charge in [-0.15, -0.1) is 0 Å². The zero-order valence-electron chi connectivity index (χ0n) is 13.8. The van der Waals surface area contributed by atoms with E-state index >= 15 is 0 Å². The number of nitrogen functional groups attached to an aromatic ring is 1. The Morgan fingerprint density at radius 3 is 2.00 bits per heavy atom. The molecule has 1 aromatic heterocycles. The Morgan fingerprint density at radius 1 is 0.731 bits per heavy atom. The maximum absolute atomic E-state index is 13.0. The number of anilines is 1. The zero-order valence-corrected chi connectivity index (χ0v) is 13.8. The van der Waals surface area contributed by atoms with E-state index in [0.29, 0.717) is 28.0 Å². The highest BCUT2D eigenvalue weighted by Crippen LogP contribution is 2.36. The number of ketones is 2. The van der Waals surface area contributed by atoms with Crippen molar-refractivity contribution in [2.75, 3.05) is 5.73 Å². The Bertz CT molecular complexity index is 1190. The number of nitrogens with zero attached hydrogens (tertiary/aromatic N) is 1. The van der Waals surface area contributed by atoms with E-state index in [-0.39, 0.29) is 11.6 Å². The van der Waals surface area contributed by atoms with Crippen molar-refractivity contribution in [2.45, 2.75) is 5.92 Å². The molecule has 0 bridgehead atoms. The van der Waals surface area contributed by atoms with Crippen LogP contribution >= 0.6 is 0 Å². The number of carbonyl (C=O) groups is 2. The fraction of sp³-hybridized carbons (Fsp3) is 0.0455. The Labute approximate surface area is 149 Å². The summed E-state index contributed by atoms with van der Waals surface area (Å²) >= 11 is 0. The molecular weight excluding hydrogens is 324 g/mol. The van der Waals surface area contributed by atoms with Gasteiger partial charge in [-0.05, 0) is 35.0 Å². The number of Topliss-reactive ketones (excluding diaryl/α,β-unsaturated/α-hetero) is 2. The van der Waals surface area contributed by atoms with Gasteiger partial charge < -0.3 is 5.73 Å². The quantitative estimate of drug-likeness (QED) is 0.418. The summed E-state index contributed by atoms with van der Waals surface area (Å²) in [6, 6.07) is 20.4. The highest BCUT2D eigenvalue weighted by atomic mass is 16.2. The second-order valence-electron chi connectivity index (χ2n) is 6.56. The predicted octanol–water partition coefficient (Wildman–Crippen LogP) is 4.13. The predicted molar refractivity (Wildman–Crippen MR) is 102 cm³/mol. The van der Waals surface area contributed by atoms with Crippen molar-refractivity contribution in [1.82, 2.24) is 4.98 Å². The van der Waals surface area contributed by atoms with Crippen molar-refractivity contribution in [1.29, 1.82) is 0 Å². The summed E-state index contributed by atoms with van der Waals surface area (Å²) in [4.78, 5) is 30.5. The summed E-state index contributed by atoms with van der Waals surface area (Å²) < 4.78 is 0. The summed E-state index contributed by atoms with van der Waals surface area (Å²) in [5, 5.41) is 2.78. The summed E-state index contributed by atoms with van der Waals surface area (Å²) in [5.74, 6) is -1.29. The Balaban J connectivity index is 1.69. The van der Waals surface area contributed by atoms with Gasteiger partial charge in [0.05, 0.1) is 16.9 Å². The molecule has 0 spiro atoms. The van der Waals surface area contributed by atoms with Gasteiger partial charge in [-0.1, -0.05) is 42.5 Å². The Morgan fingerprint density at radius 2 is 1.35 bits per heavy atom. The standard InChI is InChI=1S/C22H14N2O2/c23-17-7-3-6-12-8-9-18(24-20(12)17)19-21(25)15-10-13-4-1-2-5-14(13)11-16(15)22(19)26/h1-11,19H,23H2. The van der Waals surface area contributed by atoms with Gasteiger partial charge in [-0.2, -0.15) is 0 Å². The lowest BCUT2D eigenvalue weighted by Crippen LogP contribution is -2.14. The molecule has 1 aliphatic rings. The normalized spacial score (nSPS) is 14.3. The fourth-order valence-electron chi connectivity index (χ4n) is 3.69. The molecule has 4 heteroatoms. The van der Waals surface area contributed by atoms with Gasteiger partial charge in [0.1, 0.15) is 5.92 Å². The van der Waals surface area contributed by atoms with Crippen LogP contribution in [0, 0.1) is 0 Å². The largest absolute Gasteiger partial charge is 0.397 e. The van der Waals surface area contributed by atoms with E-state index in [1.54, 1.807) is 24.3 Å². The number of aromatic nitrogens is 1. The smallest absolute Gasteiger partial charge is 0.180 e. The van der Waals surface area contributed by atoms with Crippen molar-refractivity contribution in [2.24, 2.45) is 0 Å². The molecule has 3 aromatic carbocycles. The average molecular weight is 338 g/mol.